The van der Waals surface area contributed by atoms with Gasteiger partial charge in [0.2, 0.25) is 0 Å². The standard InChI is InChI=1S/C15H26N4S/c1-15(2)7-10(16)13-11(8-15)17-14(20-13)12-9-18(3)5-6-19(12)4/h10,12H,5-9,16H2,1-4H3. The first kappa shape index (κ1) is 14.4. The van der Waals surface area contributed by atoms with Crippen LogP contribution < -0.4 is 5.73 Å². The molecule has 1 fully saturated rings. The van der Waals surface area contributed by atoms with Crippen molar-refractivity contribution in [1.82, 2.24) is 14.8 Å². The topological polar surface area (TPSA) is 45.4 Å². The molecule has 2 atom stereocenters. The zero-order valence-electron chi connectivity index (χ0n) is 13.0. The highest BCUT2D eigenvalue weighted by atomic mass is 32.1. The van der Waals surface area contributed by atoms with E-state index in [9.17, 15) is 0 Å². The second-order valence-corrected chi connectivity index (χ2v) is 8.34. The summed E-state index contributed by atoms with van der Waals surface area (Å²) in [5.74, 6) is 0. The fourth-order valence-electron chi connectivity index (χ4n) is 3.43. The lowest BCUT2D eigenvalue weighted by Gasteiger charge is -2.36. The molecule has 5 heteroatoms. The van der Waals surface area contributed by atoms with Crippen LogP contribution in [0.15, 0.2) is 0 Å². The molecule has 1 saturated heterocycles. The predicted molar refractivity (Wildman–Crippen MR) is 84.0 cm³/mol. The minimum atomic E-state index is 0.173. The Labute approximate surface area is 126 Å². The van der Waals surface area contributed by atoms with Crippen molar-refractivity contribution in [3.63, 3.8) is 0 Å². The molecule has 1 aromatic rings. The SMILES string of the molecule is CN1CCN(C)C(c2nc3c(s2)C(N)CC(C)(C)C3)C1. The van der Waals surface area contributed by atoms with Crippen LogP contribution in [0.4, 0.5) is 0 Å². The monoisotopic (exact) mass is 294 g/mol. The maximum absolute atomic E-state index is 6.37. The van der Waals surface area contributed by atoms with Gasteiger partial charge in [0, 0.05) is 30.6 Å². The lowest BCUT2D eigenvalue weighted by atomic mass is 9.77. The third-order valence-electron chi connectivity index (χ3n) is 4.64. The number of nitrogens with zero attached hydrogens (tertiary/aromatic N) is 3. The van der Waals surface area contributed by atoms with E-state index in [1.165, 1.54) is 15.6 Å². The summed E-state index contributed by atoms with van der Waals surface area (Å²) in [7, 11) is 4.41. The summed E-state index contributed by atoms with van der Waals surface area (Å²) in [6.45, 7) is 7.93. The van der Waals surface area contributed by atoms with Crippen LogP contribution in [0.1, 0.15) is 47.9 Å². The number of nitrogens with two attached hydrogens (primary N) is 1. The molecule has 0 amide bonds. The summed E-state index contributed by atoms with van der Waals surface area (Å²) in [5, 5.41) is 1.26. The van der Waals surface area contributed by atoms with E-state index in [-0.39, 0.29) is 11.5 Å². The normalized spacial score (nSPS) is 31.2. The first-order chi connectivity index (χ1) is 9.35. The summed E-state index contributed by atoms with van der Waals surface area (Å²) in [4.78, 5) is 11.1. The predicted octanol–water partition coefficient (Wildman–Crippen LogP) is 2.03. The van der Waals surface area contributed by atoms with E-state index in [2.05, 4.69) is 37.7 Å². The minimum absolute atomic E-state index is 0.173. The Morgan fingerprint density at radius 3 is 2.80 bits per heavy atom. The molecule has 2 N–H and O–H groups in total. The van der Waals surface area contributed by atoms with Crippen molar-refractivity contribution in [2.45, 2.75) is 38.8 Å². The molecule has 2 unspecified atom stereocenters. The molecule has 0 bridgehead atoms. The number of piperazine rings is 1. The number of rotatable bonds is 1. The molecular formula is C15H26N4S. The smallest absolute Gasteiger partial charge is 0.112 e. The van der Waals surface area contributed by atoms with E-state index in [1.807, 2.05) is 11.3 Å². The fourth-order valence-corrected chi connectivity index (χ4v) is 4.67. The van der Waals surface area contributed by atoms with Gasteiger partial charge in [-0.15, -0.1) is 11.3 Å². The molecule has 20 heavy (non-hydrogen) atoms. The van der Waals surface area contributed by atoms with Crippen molar-refractivity contribution in [3.8, 4) is 0 Å². The number of hydrogen-bond donors (Lipinski definition) is 1. The molecule has 4 nitrogen and oxygen atoms in total. The number of hydrogen-bond acceptors (Lipinski definition) is 5. The van der Waals surface area contributed by atoms with Crippen LogP contribution in [0.2, 0.25) is 0 Å². The van der Waals surface area contributed by atoms with Crippen LogP contribution in [-0.4, -0.2) is 48.5 Å². The summed E-state index contributed by atoms with van der Waals surface area (Å²) in [5.41, 5.74) is 7.92. The van der Waals surface area contributed by atoms with Crippen molar-refractivity contribution in [1.29, 1.82) is 0 Å². The number of fused-ring (bicyclic) bond motifs is 1. The van der Waals surface area contributed by atoms with Crippen molar-refractivity contribution < 1.29 is 0 Å². The van der Waals surface area contributed by atoms with E-state index in [1.54, 1.807) is 0 Å². The molecule has 0 radical (unpaired) electrons. The lowest BCUT2D eigenvalue weighted by Crippen LogP contribution is -2.44. The van der Waals surface area contributed by atoms with Crippen LogP contribution in [0.25, 0.3) is 0 Å². The highest BCUT2D eigenvalue weighted by molar-refractivity contribution is 7.12. The van der Waals surface area contributed by atoms with Crippen LogP contribution in [0.3, 0.4) is 0 Å². The van der Waals surface area contributed by atoms with Crippen molar-refractivity contribution in [2.24, 2.45) is 11.1 Å². The van der Waals surface area contributed by atoms with Gasteiger partial charge < -0.3 is 10.6 Å². The van der Waals surface area contributed by atoms with Gasteiger partial charge in [0.25, 0.3) is 0 Å². The van der Waals surface area contributed by atoms with Crippen molar-refractivity contribution in [3.05, 3.63) is 15.6 Å². The quantitative estimate of drug-likeness (QED) is 0.861. The molecular weight excluding hydrogens is 268 g/mol. The average Bonchev–Trinajstić information content (AvgIpc) is 2.74. The van der Waals surface area contributed by atoms with Crippen LogP contribution >= 0.6 is 11.3 Å². The van der Waals surface area contributed by atoms with Gasteiger partial charge in [-0.25, -0.2) is 4.98 Å². The Morgan fingerprint density at radius 1 is 1.30 bits per heavy atom. The maximum atomic E-state index is 6.37. The molecule has 1 aromatic heterocycles. The zero-order valence-corrected chi connectivity index (χ0v) is 13.8. The van der Waals surface area contributed by atoms with Gasteiger partial charge in [0.1, 0.15) is 5.01 Å². The van der Waals surface area contributed by atoms with Gasteiger partial charge in [-0.05, 0) is 32.4 Å². The molecule has 3 rings (SSSR count). The Hall–Kier alpha value is -0.490. The third-order valence-corrected chi connectivity index (χ3v) is 5.97. The molecule has 0 spiro atoms. The number of aromatic nitrogens is 1. The van der Waals surface area contributed by atoms with Gasteiger partial charge in [-0.3, -0.25) is 4.90 Å². The van der Waals surface area contributed by atoms with Gasteiger partial charge in [-0.2, -0.15) is 0 Å². The average molecular weight is 294 g/mol. The van der Waals surface area contributed by atoms with Crippen LogP contribution in [0.5, 0.6) is 0 Å². The number of thiazole rings is 1. The van der Waals surface area contributed by atoms with E-state index in [0.29, 0.717) is 6.04 Å². The minimum Gasteiger partial charge on any atom is -0.323 e. The Balaban J connectivity index is 1.89. The molecule has 112 valence electrons. The fraction of sp³-hybridized carbons (Fsp3) is 0.800. The zero-order chi connectivity index (χ0) is 14.5. The Kier molecular flexibility index (Phi) is 3.65. The van der Waals surface area contributed by atoms with Gasteiger partial charge in [0.05, 0.1) is 11.7 Å². The first-order valence-corrected chi connectivity index (χ1v) is 8.31. The van der Waals surface area contributed by atoms with Gasteiger partial charge in [-0.1, -0.05) is 13.8 Å². The number of likely N-dealkylation sites (N-methyl/N-ethyl adjacent to an activating group) is 2. The van der Waals surface area contributed by atoms with E-state index in [4.69, 9.17) is 10.7 Å². The second-order valence-electron chi connectivity index (χ2n) is 7.27. The Morgan fingerprint density at radius 2 is 2.05 bits per heavy atom. The third kappa shape index (κ3) is 2.64. The molecule has 1 aliphatic carbocycles. The summed E-state index contributed by atoms with van der Waals surface area (Å²) in [6.07, 6.45) is 2.14. The van der Waals surface area contributed by atoms with Gasteiger partial charge >= 0.3 is 0 Å². The second kappa shape index (κ2) is 5.05. The maximum Gasteiger partial charge on any atom is 0.112 e. The Bertz CT molecular complexity index is 496. The lowest BCUT2D eigenvalue weighted by molar-refractivity contribution is 0.114. The highest BCUT2D eigenvalue weighted by Crippen LogP contribution is 2.43. The molecule has 2 heterocycles. The molecule has 2 aliphatic rings. The molecule has 0 aromatic carbocycles. The highest BCUT2D eigenvalue weighted by Gasteiger charge is 2.35. The first-order valence-electron chi connectivity index (χ1n) is 7.49. The van der Waals surface area contributed by atoms with Crippen molar-refractivity contribution in [2.75, 3.05) is 33.7 Å². The van der Waals surface area contributed by atoms with E-state index in [0.717, 1.165) is 32.5 Å². The largest absolute Gasteiger partial charge is 0.323 e. The van der Waals surface area contributed by atoms with E-state index >= 15 is 0 Å². The molecule has 1 aliphatic heterocycles. The van der Waals surface area contributed by atoms with Gasteiger partial charge in [0.15, 0.2) is 0 Å². The van der Waals surface area contributed by atoms with Crippen molar-refractivity contribution >= 4 is 11.3 Å². The van der Waals surface area contributed by atoms with Crippen LogP contribution in [-0.2, 0) is 6.42 Å². The summed E-state index contributed by atoms with van der Waals surface area (Å²) >= 11 is 1.85. The van der Waals surface area contributed by atoms with E-state index < -0.39 is 0 Å². The van der Waals surface area contributed by atoms with Crippen LogP contribution in [0, 0.1) is 5.41 Å². The molecule has 0 saturated carbocycles. The summed E-state index contributed by atoms with van der Waals surface area (Å²) in [6, 6.07) is 0.603. The summed E-state index contributed by atoms with van der Waals surface area (Å²) < 4.78 is 0.